The molecule has 1 aromatic heterocycles. The van der Waals surface area contributed by atoms with Crippen LogP contribution in [0.1, 0.15) is 16.6 Å². The van der Waals surface area contributed by atoms with Crippen LogP contribution < -0.4 is 0 Å². The summed E-state index contributed by atoms with van der Waals surface area (Å²) < 4.78 is 0.686. The summed E-state index contributed by atoms with van der Waals surface area (Å²) in [4.78, 5) is 15.0. The minimum absolute atomic E-state index is 0.190. The SMILES string of the molecule is CC1CSCCN1CC(=O)c1ccc(Cl)s1. The number of Topliss-reactive ketones (excluding diaryl/α,β-unsaturated/α-hetero) is 1. The first-order chi connectivity index (χ1) is 7.66. The summed E-state index contributed by atoms with van der Waals surface area (Å²) in [7, 11) is 0. The molecule has 1 fully saturated rings. The van der Waals surface area contributed by atoms with E-state index in [1.165, 1.54) is 11.3 Å². The van der Waals surface area contributed by atoms with Gasteiger partial charge in [-0.15, -0.1) is 11.3 Å². The molecule has 88 valence electrons. The van der Waals surface area contributed by atoms with Gasteiger partial charge in [-0.2, -0.15) is 11.8 Å². The van der Waals surface area contributed by atoms with Gasteiger partial charge in [0, 0.05) is 24.1 Å². The minimum atomic E-state index is 0.190. The number of nitrogens with zero attached hydrogens (tertiary/aromatic N) is 1. The lowest BCUT2D eigenvalue weighted by atomic mass is 10.2. The van der Waals surface area contributed by atoms with Gasteiger partial charge < -0.3 is 0 Å². The Hall–Kier alpha value is -0.0300. The van der Waals surface area contributed by atoms with Crippen molar-refractivity contribution in [3.63, 3.8) is 0 Å². The molecule has 2 heterocycles. The molecule has 0 bridgehead atoms. The second-order valence-corrected chi connectivity index (χ2v) is 6.79. The third kappa shape index (κ3) is 3.00. The highest BCUT2D eigenvalue weighted by Gasteiger charge is 2.21. The third-order valence-electron chi connectivity index (χ3n) is 2.70. The van der Waals surface area contributed by atoms with E-state index < -0.39 is 0 Å². The molecule has 1 saturated heterocycles. The Morgan fingerprint density at radius 2 is 2.44 bits per heavy atom. The number of carbonyl (C=O) groups is 1. The largest absolute Gasteiger partial charge is 0.292 e. The van der Waals surface area contributed by atoms with E-state index in [0.717, 1.165) is 22.9 Å². The fourth-order valence-corrected chi connectivity index (χ4v) is 3.78. The number of ketones is 1. The Kier molecular flexibility index (Phi) is 4.30. The quantitative estimate of drug-likeness (QED) is 0.791. The van der Waals surface area contributed by atoms with E-state index in [0.29, 0.717) is 16.9 Å². The maximum Gasteiger partial charge on any atom is 0.186 e. The summed E-state index contributed by atoms with van der Waals surface area (Å²) in [5, 5.41) is 0. The average molecular weight is 276 g/mol. The molecule has 0 aromatic carbocycles. The molecule has 0 aliphatic carbocycles. The predicted molar refractivity (Wildman–Crippen MR) is 72.0 cm³/mol. The number of carbonyl (C=O) groups excluding carboxylic acids is 1. The molecule has 2 rings (SSSR count). The molecule has 0 N–H and O–H groups in total. The van der Waals surface area contributed by atoms with E-state index in [4.69, 9.17) is 11.6 Å². The van der Waals surface area contributed by atoms with E-state index in [-0.39, 0.29) is 5.78 Å². The fourth-order valence-electron chi connectivity index (χ4n) is 1.72. The van der Waals surface area contributed by atoms with Crippen LogP contribution in [0.15, 0.2) is 12.1 Å². The summed E-state index contributed by atoms with van der Waals surface area (Å²) in [6.45, 7) is 3.72. The van der Waals surface area contributed by atoms with Crippen molar-refractivity contribution in [3.05, 3.63) is 21.3 Å². The Bertz CT molecular complexity index is 380. The van der Waals surface area contributed by atoms with Gasteiger partial charge in [0.05, 0.1) is 15.8 Å². The molecule has 2 nitrogen and oxygen atoms in total. The highest BCUT2D eigenvalue weighted by Crippen LogP contribution is 2.23. The Morgan fingerprint density at radius 3 is 3.06 bits per heavy atom. The smallest absolute Gasteiger partial charge is 0.186 e. The van der Waals surface area contributed by atoms with Crippen LogP contribution >= 0.6 is 34.7 Å². The lowest BCUT2D eigenvalue weighted by Gasteiger charge is -2.32. The molecule has 0 radical (unpaired) electrons. The van der Waals surface area contributed by atoms with E-state index in [2.05, 4.69) is 11.8 Å². The summed E-state index contributed by atoms with van der Waals surface area (Å²) in [6, 6.07) is 4.10. The third-order valence-corrected chi connectivity index (χ3v) is 5.16. The van der Waals surface area contributed by atoms with Crippen LogP contribution in [0, 0.1) is 0 Å². The van der Waals surface area contributed by atoms with Crippen LogP contribution in [-0.2, 0) is 0 Å². The normalized spacial score (nSPS) is 22.2. The van der Waals surface area contributed by atoms with Crippen molar-refractivity contribution in [3.8, 4) is 0 Å². The van der Waals surface area contributed by atoms with Gasteiger partial charge in [-0.25, -0.2) is 0 Å². The zero-order valence-electron chi connectivity index (χ0n) is 9.11. The molecule has 0 spiro atoms. The summed E-state index contributed by atoms with van der Waals surface area (Å²) >= 11 is 9.16. The van der Waals surface area contributed by atoms with Crippen LogP contribution in [0.5, 0.6) is 0 Å². The Labute approximate surface area is 109 Å². The number of rotatable bonds is 3. The monoisotopic (exact) mass is 275 g/mol. The fraction of sp³-hybridized carbons (Fsp3) is 0.545. The van der Waals surface area contributed by atoms with Crippen LogP contribution in [0.4, 0.5) is 0 Å². The second kappa shape index (κ2) is 5.54. The van der Waals surface area contributed by atoms with Crippen molar-refractivity contribution >= 4 is 40.5 Å². The van der Waals surface area contributed by atoms with Crippen LogP contribution in [0.2, 0.25) is 4.34 Å². The maximum absolute atomic E-state index is 12.0. The molecular weight excluding hydrogens is 262 g/mol. The van der Waals surface area contributed by atoms with Crippen molar-refractivity contribution in [2.45, 2.75) is 13.0 Å². The van der Waals surface area contributed by atoms with Gasteiger partial charge >= 0.3 is 0 Å². The molecule has 5 heteroatoms. The number of hydrogen-bond acceptors (Lipinski definition) is 4. The van der Waals surface area contributed by atoms with E-state index in [1.54, 1.807) is 6.07 Å². The van der Waals surface area contributed by atoms with Crippen LogP contribution in [0.3, 0.4) is 0 Å². The van der Waals surface area contributed by atoms with Crippen molar-refractivity contribution in [2.75, 3.05) is 24.6 Å². The molecule has 1 atom stereocenters. The highest BCUT2D eigenvalue weighted by atomic mass is 35.5. The van der Waals surface area contributed by atoms with Gasteiger partial charge in [0.15, 0.2) is 5.78 Å². The average Bonchev–Trinajstić information content (AvgIpc) is 2.68. The first kappa shape index (κ1) is 12.4. The zero-order chi connectivity index (χ0) is 11.5. The molecule has 0 amide bonds. The highest BCUT2D eigenvalue weighted by molar-refractivity contribution is 7.99. The number of thioether (sulfide) groups is 1. The topological polar surface area (TPSA) is 20.3 Å². The van der Waals surface area contributed by atoms with Gasteiger partial charge in [0.1, 0.15) is 0 Å². The van der Waals surface area contributed by atoms with E-state index >= 15 is 0 Å². The van der Waals surface area contributed by atoms with E-state index in [9.17, 15) is 4.79 Å². The molecule has 1 aliphatic heterocycles. The molecule has 1 aromatic rings. The number of thiophene rings is 1. The van der Waals surface area contributed by atoms with Crippen LogP contribution in [-0.4, -0.2) is 41.3 Å². The van der Waals surface area contributed by atoms with Crippen LogP contribution in [0.25, 0.3) is 0 Å². The molecule has 16 heavy (non-hydrogen) atoms. The van der Waals surface area contributed by atoms with Gasteiger partial charge in [-0.3, -0.25) is 9.69 Å². The van der Waals surface area contributed by atoms with Gasteiger partial charge in [0.2, 0.25) is 0 Å². The van der Waals surface area contributed by atoms with Crippen molar-refractivity contribution in [1.29, 1.82) is 0 Å². The maximum atomic E-state index is 12.0. The number of halogens is 1. The number of hydrogen-bond donors (Lipinski definition) is 0. The first-order valence-electron chi connectivity index (χ1n) is 5.27. The predicted octanol–water partition coefficient (Wildman–Crippen LogP) is 3.02. The van der Waals surface area contributed by atoms with E-state index in [1.807, 2.05) is 17.8 Å². The molecule has 1 aliphatic rings. The summed E-state index contributed by atoms with van der Waals surface area (Å²) in [5.74, 6) is 2.44. The van der Waals surface area contributed by atoms with Crippen molar-refractivity contribution in [1.82, 2.24) is 4.90 Å². The molecular formula is C11H14ClNOS2. The van der Waals surface area contributed by atoms with Crippen molar-refractivity contribution < 1.29 is 4.79 Å². The summed E-state index contributed by atoms with van der Waals surface area (Å²) in [6.07, 6.45) is 0. The zero-order valence-corrected chi connectivity index (χ0v) is 11.5. The van der Waals surface area contributed by atoms with Gasteiger partial charge in [0.25, 0.3) is 0 Å². The lowest BCUT2D eigenvalue weighted by Crippen LogP contribution is -2.43. The van der Waals surface area contributed by atoms with Gasteiger partial charge in [-0.05, 0) is 19.1 Å². The lowest BCUT2D eigenvalue weighted by molar-refractivity contribution is 0.0915. The van der Waals surface area contributed by atoms with Crippen molar-refractivity contribution in [2.24, 2.45) is 0 Å². The standard InChI is InChI=1S/C11H14ClNOS2/c1-8-7-15-5-4-13(8)6-9(14)10-2-3-11(12)16-10/h2-3,8H,4-7H2,1H3. The Morgan fingerprint density at radius 1 is 1.62 bits per heavy atom. The van der Waals surface area contributed by atoms with Gasteiger partial charge in [-0.1, -0.05) is 11.6 Å². The minimum Gasteiger partial charge on any atom is -0.292 e. The Balaban J connectivity index is 1.96. The summed E-state index contributed by atoms with van der Waals surface area (Å²) in [5.41, 5.74) is 0. The molecule has 0 saturated carbocycles. The first-order valence-corrected chi connectivity index (χ1v) is 7.62. The molecule has 1 unspecified atom stereocenters. The second-order valence-electron chi connectivity index (χ2n) is 3.92.